The van der Waals surface area contributed by atoms with Gasteiger partial charge in [-0.3, -0.25) is 4.90 Å². The minimum Gasteiger partial charge on any atom is -0.392 e. The van der Waals surface area contributed by atoms with Gasteiger partial charge in [-0.2, -0.15) is 11.3 Å². The molecule has 2 aromatic heterocycles. The molecule has 0 aromatic carbocycles. The van der Waals surface area contributed by atoms with Crippen LogP contribution in [0.2, 0.25) is 0 Å². The number of nitrogens with zero attached hydrogens (tertiary/aromatic N) is 2. The Morgan fingerprint density at radius 3 is 3.12 bits per heavy atom. The summed E-state index contributed by atoms with van der Waals surface area (Å²) in [6, 6.07) is 2.10. The lowest BCUT2D eigenvalue weighted by atomic mass is 10.3. The molecule has 1 fully saturated rings. The number of thiophene rings is 1. The lowest BCUT2D eigenvalue weighted by Gasteiger charge is -2.12. The summed E-state index contributed by atoms with van der Waals surface area (Å²) in [6.45, 7) is 2.62. The molecule has 3 rings (SSSR count). The van der Waals surface area contributed by atoms with Crippen LogP contribution in [-0.2, 0) is 6.54 Å². The Balaban J connectivity index is 1.69. The largest absolute Gasteiger partial charge is 0.392 e. The van der Waals surface area contributed by atoms with Gasteiger partial charge in [0.1, 0.15) is 5.01 Å². The molecular weight excluding hydrogens is 252 g/mol. The minimum atomic E-state index is -0.148. The number of likely N-dealkylation sites (tertiary alicyclic amines) is 1. The molecule has 0 aliphatic carbocycles. The van der Waals surface area contributed by atoms with Crippen LogP contribution in [0.25, 0.3) is 10.6 Å². The maximum atomic E-state index is 9.47. The summed E-state index contributed by atoms with van der Waals surface area (Å²) < 4.78 is 0. The van der Waals surface area contributed by atoms with Crippen molar-refractivity contribution in [2.24, 2.45) is 0 Å². The molecule has 2 aromatic rings. The molecule has 3 heterocycles. The van der Waals surface area contributed by atoms with Crippen molar-refractivity contribution in [3.63, 3.8) is 0 Å². The van der Waals surface area contributed by atoms with Gasteiger partial charge in [-0.1, -0.05) is 0 Å². The summed E-state index contributed by atoms with van der Waals surface area (Å²) in [5.41, 5.74) is 2.33. The Morgan fingerprint density at radius 1 is 1.47 bits per heavy atom. The normalized spacial score (nSPS) is 21.1. The second-order valence-electron chi connectivity index (χ2n) is 4.33. The van der Waals surface area contributed by atoms with Crippen molar-refractivity contribution in [1.29, 1.82) is 0 Å². The lowest BCUT2D eigenvalue weighted by Crippen LogP contribution is -2.21. The van der Waals surface area contributed by atoms with Crippen molar-refractivity contribution < 1.29 is 5.11 Å². The van der Waals surface area contributed by atoms with Gasteiger partial charge in [-0.05, 0) is 17.9 Å². The van der Waals surface area contributed by atoms with Crippen molar-refractivity contribution in [1.82, 2.24) is 9.88 Å². The topological polar surface area (TPSA) is 36.4 Å². The first-order chi connectivity index (χ1) is 8.31. The Morgan fingerprint density at radius 2 is 2.41 bits per heavy atom. The molecule has 3 nitrogen and oxygen atoms in total. The van der Waals surface area contributed by atoms with Gasteiger partial charge in [0.2, 0.25) is 0 Å². The zero-order valence-electron chi connectivity index (χ0n) is 9.37. The first kappa shape index (κ1) is 11.3. The van der Waals surface area contributed by atoms with Gasteiger partial charge < -0.3 is 5.11 Å². The number of thiazole rings is 1. The third-order valence-corrected chi connectivity index (χ3v) is 4.58. The monoisotopic (exact) mass is 266 g/mol. The standard InChI is InChI=1S/C12H14N2OS2/c15-11-1-3-14(6-11)5-10-8-17-12(13-10)9-2-4-16-7-9/h2,4,7-8,11,15H,1,3,5-6H2. The number of aromatic nitrogens is 1. The highest BCUT2D eigenvalue weighted by molar-refractivity contribution is 7.14. The van der Waals surface area contributed by atoms with E-state index >= 15 is 0 Å². The molecule has 17 heavy (non-hydrogen) atoms. The molecule has 0 bridgehead atoms. The first-order valence-electron chi connectivity index (χ1n) is 5.68. The van der Waals surface area contributed by atoms with Crippen LogP contribution in [0.4, 0.5) is 0 Å². The zero-order chi connectivity index (χ0) is 11.7. The van der Waals surface area contributed by atoms with Crippen molar-refractivity contribution in [2.45, 2.75) is 19.1 Å². The van der Waals surface area contributed by atoms with E-state index in [0.29, 0.717) is 0 Å². The molecule has 1 saturated heterocycles. The van der Waals surface area contributed by atoms with Crippen LogP contribution in [0.1, 0.15) is 12.1 Å². The summed E-state index contributed by atoms with van der Waals surface area (Å²) in [4.78, 5) is 6.90. The van der Waals surface area contributed by atoms with Gasteiger partial charge in [0.05, 0.1) is 11.8 Å². The number of aliphatic hydroxyl groups excluding tert-OH is 1. The summed E-state index contributed by atoms with van der Waals surface area (Å²) in [7, 11) is 0. The fourth-order valence-electron chi connectivity index (χ4n) is 2.08. The van der Waals surface area contributed by atoms with Crippen LogP contribution < -0.4 is 0 Å². The van der Waals surface area contributed by atoms with E-state index in [2.05, 4.69) is 32.1 Å². The average Bonchev–Trinajstić information content (AvgIpc) is 3.00. The summed E-state index contributed by atoms with van der Waals surface area (Å²) >= 11 is 3.40. The van der Waals surface area contributed by atoms with Gasteiger partial charge in [0, 0.05) is 36.0 Å². The minimum absolute atomic E-state index is 0.148. The molecule has 5 heteroatoms. The molecule has 1 aliphatic rings. The highest BCUT2D eigenvalue weighted by Crippen LogP contribution is 2.26. The van der Waals surface area contributed by atoms with E-state index in [9.17, 15) is 5.11 Å². The third-order valence-electron chi connectivity index (χ3n) is 2.95. The van der Waals surface area contributed by atoms with Crippen LogP contribution in [0, 0.1) is 0 Å². The molecular formula is C12H14N2OS2. The van der Waals surface area contributed by atoms with Crippen LogP contribution >= 0.6 is 22.7 Å². The molecule has 0 saturated carbocycles. The lowest BCUT2D eigenvalue weighted by molar-refractivity contribution is 0.174. The van der Waals surface area contributed by atoms with Gasteiger partial charge in [-0.25, -0.2) is 4.98 Å². The van der Waals surface area contributed by atoms with Crippen molar-refractivity contribution in [3.05, 3.63) is 27.9 Å². The maximum absolute atomic E-state index is 9.47. The van der Waals surface area contributed by atoms with Crippen molar-refractivity contribution in [2.75, 3.05) is 13.1 Å². The van der Waals surface area contributed by atoms with E-state index < -0.39 is 0 Å². The average molecular weight is 266 g/mol. The molecule has 1 atom stereocenters. The highest BCUT2D eigenvalue weighted by Gasteiger charge is 2.20. The van der Waals surface area contributed by atoms with E-state index in [-0.39, 0.29) is 6.10 Å². The Bertz CT molecular complexity index is 480. The molecule has 1 unspecified atom stereocenters. The fourth-order valence-corrected chi connectivity index (χ4v) is 3.61. The zero-order valence-corrected chi connectivity index (χ0v) is 11.0. The van der Waals surface area contributed by atoms with E-state index in [1.54, 1.807) is 22.7 Å². The molecule has 90 valence electrons. The molecule has 1 aliphatic heterocycles. The highest BCUT2D eigenvalue weighted by atomic mass is 32.1. The van der Waals surface area contributed by atoms with Crippen LogP contribution in [0.5, 0.6) is 0 Å². The van der Waals surface area contributed by atoms with E-state index in [4.69, 9.17) is 0 Å². The number of β-amino-alcohol motifs (C(OH)–C–C–N with tert-alkyl or cyclic N) is 1. The summed E-state index contributed by atoms with van der Waals surface area (Å²) in [5, 5.41) is 16.9. The number of hydrogen-bond acceptors (Lipinski definition) is 5. The Labute approximate surface area is 108 Å². The smallest absolute Gasteiger partial charge is 0.124 e. The molecule has 0 radical (unpaired) electrons. The van der Waals surface area contributed by atoms with Crippen molar-refractivity contribution in [3.8, 4) is 10.6 Å². The number of aliphatic hydroxyl groups is 1. The van der Waals surface area contributed by atoms with Crippen LogP contribution in [0.3, 0.4) is 0 Å². The quantitative estimate of drug-likeness (QED) is 0.927. The van der Waals surface area contributed by atoms with Gasteiger partial charge in [0.25, 0.3) is 0 Å². The molecule has 1 N–H and O–H groups in total. The molecule has 0 amide bonds. The van der Waals surface area contributed by atoms with Crippen LogP contribution in [0.15, 0.2) is 22.2 Å². The maximum Gasteiger partial charge on any atom is 0.124 e. The fraction of sp³-hybridized carbons (Fsp3) is 0.417. The van der Waals surface area contributed by atoms with E-state index in [1.165, 1.54) is 5.56 Å². The second kappa shape index (κ2) is 4.86. The van der Waals surface area contributed by atoms with E-state index in [0.717, 1.165) is 36.8 Å². The Kier molecular flexibility index (Phi) is 3.24. The predicted molar refractivity (Wildman–Crippen MR) is 71.3 cm³/mol. The third kappa shape index (κ3) is 2.57. The van der Waals surface area contributed by atoms with Crippen molar-refractivity contribution >= 4 is 22.7 Å². The van der Waals surface area contributed by atoms with Gasteiger partial charge in [0.15, 0.2) is 0 Å². The summed E-state index contributed by atoms with van der Waals surface area (Å²) in [5.74, 6) is 0. The Hall–Kier alpha value is -0.750. The second-order valence-corrected chi connectivity index (χ2v) is 5.97. The number of hydrogen-bond donors (Lipinski definition) is 1. The first-order valence-corrected chi connectivity index (χ1v) is 7.51. The van der Waals surface area contributed by atoms with Crippen LogP contribution in [-0.4, -0.2) is 34.2 Å². The molecule has 0 spiro atoms. The SMILES string of the molecule is OC1CCN(Cc2csc(-c3ccsc3)n2)C1. The van der Waals surface area contributed by atoms with Gasteiger partial charge >= 0.3 is 0 Å². The predicted octanol–water partition coefficient (Wildman–Crippen LogP) is 2.44. The number of rotatable bonds is 3. The van der Waals surface area contributed by atoms with E-state index in [1.807, 2.05) is 0 Å². The summed E-state index contributed by atoms with van der Waals surface area (Å²) in [6.07, 6.45) is 0.742. The van der Waals surface area contributed by atoms with Gasteiger partial charge in [-0.15, -0.1) is 11.3 Å².